The van der Waals surface area contributed by atoms with Gasteiger partial charge in [-0.05, 0) is 49.2 Å². The Kier molecular flexibility index (Phi) is 5.74. The van der Waals surface area contributed by atoms with E-state index < -0.39 is 35.2 Å². The first-order valence-corrected chi connectivity index (χ1v) is 7.87. The summed E-state index contributed by atoms with van der Waals surface area (Å²) in [5.41, 5.74) is -2.64. The molecule has 2 rings (SSSR count). The van der Waals surface area contributed by atoms with Gasteiger partial charge in [0.05, 0.1) is 11.1 Å². The molecule has 140 valence electrons. The Morgan fingerprint density at radius 2 is 1.38 bits per heavy atom. The lowest BCUT2D eigenvalue weighted by Gasteiger charge is -2.15. The molecule has 0 radical (unpaired) electrons. The zero-order valence-electron chi connectivity index (χ0n) is 13.1. The van der Waals surface area contributed by atoms with Crippen molar-refractivity contribution in [2.24, 2.45) is 0 Å². The Morgan fingerprint density at radius 3 is 1.85 bits per heavy atom. The van der Waals surface area contributed by atoms with Crippen LogP contribution >= 0.6 is 11.9 Å². The number of halogens is 6. The van der Waals surface area contributed by atoms with Crippen LogP contribution in [-0.4, -0.2) is 6.03 Å². The summed E-state index contributed by atoms with van der Waals surface area (Å²) in [7, 11) is 0. The van der Waals surface area contributed by atoms with E-state index in [4.69, 9.17) is 0 Å². The molecule has 0 atom stereocenters. The van der Waals surface area contributed by atoms with Crippen LogP contribution in [0.4, 0.5) is 36.8 Å². The van der Waals surface area contributed by atoms with Crippen LogP contribution in [0.2, 0.25) is 0 Å². The number of alkyl halides is 6. The molecule has 0 aliphatic carbocycles. The van der Waals surface area contributed by atoms with Gasteiger partial charge in [-0.3, -0.25) is 4.72 Å². The summed E-state index contributed by atoms with van der Waals surface area (Å²) in [6, 6.07) is 6.87. The number of benzene rings is 2. The predicted octanol–water partition coefficient (Wildman–Crippen LogP) is 5.86. The highest BCUT2D eigenvalue weighted by molar-refractivity contribution is 7.98. The van der Waals surface area contributed by atoms with Gasteiger partial charge in [-0.25, -0.2) is 4.79 Å². The van der Waals surface area contributed by atoms with E-state index in [1.165, 1.54) is 0 Å². The highest BCUT2D eigenvalue weighted by atomic mass is 32.2. The van der Waals surface area contributed by atoms with E-state index in [0.29, 0.717) is 17.0 Å². The summed E-state index contributed by atoms with van der Waals surface area (Å²) in [5, 5.41) is 1.98. The summed E-state index contributed by atoms with van der Waals surface area (Å²) in [5.74, 6) is 0. The molecule has 2 N–H and O–H groups in total. The number of rotatable bonds is 3. The number of amides is 2. The number of hydrogen-bond acceptors (Lipinski definition) is 2. The lowest BCUT2D eigenvalue weighted by Crippen LogP contribution is -2.23. The maximum atomic E-state index is 12.8. The third kappa shape index (κ3) is 5.58. The molecule has 2 amide bonds. The number of urea groups is 1. The topological polar surface area (TPSA) is 41.1 Å². The zero-order chi connectivity index (χ0) is 19.5. The smallest absolute Gasteiger partial charge is 0.307 e. The van der Waals surface area contributed by atoms with E-state index in [1.807, 2.05) is 12.2 Å². The average Bonchev–Trinajstić information content (AvgIpc) is 2.52. The SMILES string of the molecule is Cc1ccc(SNC(=O)Nc2cc(C(F)(F)F)cc(C(F)(F)F)c2)cc1. The molecule has 26 heavy (non-hydrogen) atoms. The maximum Gasteiger partial charge on any atom is 0.416 e. The van der Waals surface area contributed by atoms with Gasteiger partial charge in [0.1, 0.15) is 0 Å². The molecule has 0 bridgehead atoms. The minimum absolute atomic E-state index is 0.00978. The van der Waals surface area contributed by atoms with Gasteiger partial charge in [0.15, 0.2) is 0 Å². The molecule has 0 aliphatic heterocycles. The van der Waals surface area contributed by atoms with Gasteiger partial charge in [0.2, 0.25) is 0 Å². The first kappa shape index (κ1) is 20.0. The van der Waals surface area contributed by atoms with Gasteiger partial charge in [-0.1, -0.05) is 17.7 Å². The number of nitrogens with one attached hydrogen (secondary N) is 2. The Labute approximate surface area is 148 Å². The lowest BCUT2D eigenvalue weighted by molar-refractivity contribution is -0.143. The Balaban J connectivity index is 2.14. The Bertz CT molecular complexity index is 755. The zero-order valence-corrected chi connectivity index (χ0v) is 13.9. The molecule has 0 heterocycles. The summed E-state index contributed by atoms with van der Waals surface area (Å²) >= 11 is 0.869. The van der Waals surface area contributed by atoms with Gasteiger partial charge in [-0.2, -0.15) is 26.3 Å². The number of anilines is 1. The van der Waals surface area contributed by atoms with E-state index in [2.05, 4.69) is 4.72 Å². The van der Waals surface area contributed by atoms with Gasteiger partial charge in [-0.15, -0.1) is 0 Å². The second kappa shape index (κ2) is 7.48. The molecule has 10 heteroatoms. The molecule has 0 saturated carbocycles. The fourth-order valence-electron chi connectivity index (χ4n) is 1.90. The molecule has 0 aromatic heterocycles. The molecule has 2 aromatic carbocycles. The summed E-state index contributed by atoms with van der Waals surface area (Å²) in [4.78, 5) is 12.4. The second-order valence-electron chi connectivity index (χ2n) is 5.27. The van der Waals surface area contributed by atoms with Crippen molar-refractivity contribution in [2.75, 3.05) is 5.32 Å². The minimum Gasteiger partial charge on any atom is -0.307 e. The molecule has 2 aromatic rings. The maximum absolute atomic E-state index is 12.8. The first-order valence-electron chi connectivity index (χ1n) is 7.05. The van der Waals surface area contributed by atoms with Crippen LogP contribution in [0.5, 0.6) is 0 Å². The number of carbonyl (C=O) groups is 1. The molecule has 0 aliphatic rings. The lowest BCUT2D eigenvalue weighted by atomic mass is 10.1. The fourth-order valence-corrected chi connectivity index (χ4v) is 2.43. The molecule has 0 saturated heterocycles. The molecular formula is C16H12F6N2OS. The van der Waals surface area contributed by atoms with Crippen LogP contribution < -0.4 is 10.0 Å². The van der Waals surface area contributed by atoms with E-state index in [-0.39, 0.29) is 6.07 Å². The largest absolute Gasteiger partial charge is 0.416 e. The van der Waals surface area contributed by atoms with Crippen molar-refractivity contribution in [1.82, 2.24) is 4.72 Å². The summed E-state index contributed by atoms with van der Waals surface area (Å²) in [6.45, 7) is 1.86. The molecule has 0 unspecified atom stereocenters. The molecule has 0 fully saturated rings. The van der Waals surface area contributed by atoms with Gasteiger partial charge in [0, 0.05) is 10.6 Å². The van der Waals surface area contributed by atoms with Crippen molar-refractivity contribution in [2.45, 2.75) is 24.2 Å². The van der Waals surface area contributed by atoms with Crippen LogP contribution in [0.1, 0.15) is 16.7 Å². The van der Waals surface area contributed by atoms with Gasteiger partial charge in [0.25, 0.3) is 0 Å². The van der Waals surface area contributed by atoms with Crippen LogP contribution in [0.25, 0.3) is 0 Å². The third-order valence-electron chi connectivity index (χ3n) is 3.13. The van der Waals surface area contributed by atoms with E-state index in [9.17, 15) is 31.1 Å². The van der Waals surface area contributed by atoms with Crippen molar-refractivity contribution in [3.8, 4) is 0 Å². The van der Waals surface area contributed by atoms with E-state index in [1.54, 1.807) is 24.3 Å². The average molecular weight is 394 g/mol. The normalized spacial score (nSPS) is 12.0. The highest BCUT2D eigenvalue weighted by Gasteiger charge is 2.37. The van der Waals surface area contributed by atoms with Crippen LogP contribution in [-0.2, 0) is 12.4 Å². The number of hydrogen-bond donors (Lipinski definition) is 2. The van der Waals surface area contributed by atoms with Crippen LogP contribution in [0.15, 0.2) is 47.4 Å². The van der Waals surface area contributed by atoms with Gasteiger partial charge < -0.3 is 5.32 Å². The predicted molar refractivity (Wildman–Crippen MR) is 85.6 cm³/mol. The van der Waals surface area contributed by atoms with Crippen LogP contribution in [0.3, 0.4) is 0 Å². The quantitative estimate of drug-likeness (QED) is 0.506. The van der Waals surface area contributed by atoms with Crippen molar-refractivity contribution in [1.29, 1.82) is 0 Å². The number of aryl methyl sites for hydroxylation is 1. The van der Waals surface area contributed by atoms with Gasteiger partial charge >= 0.3 is 18.4 Å². The monoisotopic (exact) mass is 394 g/mol. The van der Waals surface area contributed by atoms with Crippen LogP contribution in [0, 0.1) is 6.92 Å². The molecular weight excluding hydrogens is 382 g/mol. The van der Waals surface area contributed by atoms with E-state index >= 15 is 0 Å². The van der Waals surface area contributed by atoms with Crippen molar-refractivity contribution in [3.05, 3.63) is 59.2 Å². The number of carbonyl (C=O) groups excluding carboxylic acids is 1. The molecule has 0 spiro atoms. The fraction of sp³-hybridized carbons (Fsp3) is 0.188. The highest BCUT2D eigenvalue weighted by Crippen LogP contribution is 2.37. The standard InChI is InChI=1S/C16H12F6N2OS/c1-9-2-4-13(5-3-9)26-24-14(25)23-12-7-10(15(17,18)19)6-11(8-12)16(20,21)22/h2-8H,1H3,(H2,23,24,25). The minimum atomic E-state index is -4.98. The Morgan fingerprint density at radius 1 is 0.885 bits per heavy atom. The second-order valence-corrected chi connectivity index (χ2v) is 6.15. The molecule has 3 nitrogen and oxygen atoms in total. The van der Waals surface area contributed by atoms with E-state index in [0.717, 1.165) is 17.5 Å². The van der Waals surface area contributed by atoms with Crippen molar-refractivity contribution < 1.29 is 31.1 Å². The first-order chi connectivity index (χ1) is 11.9. The Hall–Kier alpha value is -2.36. The van der Waals surface area contributed by atoms with Crippen molar-refractivity contribution >= 4 is 23.7 Å². The third-order valence-corrected chi connectivity index (χ3v) is 3.92. The van der Waals surface area contributed by atoms with Crippen molar-refractivity contribution in [3.63, 3.8) is 0 Å². The summed E-state index contributed by atoms with van der Waals surface area (Å²) in [6.07, 6.45) is -9.96. The summed E-state index contributed by atoms with van der Waals surface area (Å²) < 4.78 is 78.9.